The molecule has 2 aliphatic rings. The molecule has 2 fully saturated rings. The van der Waals surface area contributed by atoms with E-state index in [4.69, 9.17) is 4.74 Å². The first-order valence-corrected chi connectivity index (χ1v) is 12.8. The van der Waals surface area contributed by atoms with Gasteiger partial charge in [-0.15, -0.1) is 11.8 Å². The van der Waals surface area contributed by atoms with Crippen molar-refractivity contribution in [2.45, 2.75) is 82.6 Å². The summed E-state index contributed by atoms with van der Waals surface area (Å²) in [7, 11) is 1.65. The number of hydrogen-bond acceptors (Lipinski definition) is 6. The third kappa shape index (κ3) is 6.85. The lowest BCUT2D eigenvalue weighted by Gasteiger charge is -2.45. The molecule has 4 N–H and O–H groups in total. The summed E-state index contributed by atoms with van der Waals surface area (Å²) in [5.41, 5.74) is 1.05. The van der Waals surface area contributed by atoms with Gasteiger partial charge in [0.2, 0.25) is 5.91 Å². The minimum Gasteiger partial charge on any atom is -0.497 e. The van der Waals surface area contributed by atoms with Crippen molar-refractivity contribution in [1.29, 1.82) is 0 Å². The lowest BCUT2D eigenvalue weighted by Crippen LogP contribution is -2.64. The molecule has 1 aliphatic heterocycles. The van der Waals surface area contributed by atoms with E-state index < -0.39 is 6.35 Å². The van der Waals surface area contributed by atoms with Gasteiger partial charge in [0.1, 0.15) is 5.75 Å². The Bertz CT molecular complexity index is 679. The summed E-state index contributed by atoms with van der Waals surface area (Å²) in [6.07, 6.45) is 8.00. The van der Waals surface area contributed by atoms with Crippen molar-refractivity contribution in [3.8, 4) is 5.75 Å². The Morgan fingerprint density at radius 3 is 2.48 bits per heavy atom. The van der Waals surface area contributed by atoms with E-state index in [1.165, 1.54) is 38.5 Å². The summed E-state index contributed by atoms with van der Waals surface area (Å²) in [5, 5.41) is 20.3. The number of aliphatic hydroxyl groups excluding tert-OH is 1. The highest BCUT2D eigenvalue weighted by molar-refractivity contribution is 8.00. The van der Waals surface area contributed by atoms with E-state index in [1.807, 2.05) is 31.2 Å². The molecule has 6 nitrogen and oxygen atoms in total. The number of rotatable bonds is 8. The van der Waals surface area contributed by atoms with Crippen LogP contribution in [0.25, 0.3) is 0 Å². The van der Waals surface area contributed by atoms with Gasteiger partial charge in [-0.3, -0.25) is 15.4 Å². The minimum absolute atomic E-state index is 0.0176. The number of benzene rings is 1. The Labute approximate surface area is 191 Å². The fourth-order valence-corrected chi connectivity index (χ4v) is 6.29. The molecule has 3 rings (SSSR count). The van der Waals surface area contributed by atoms with Crippen LogP contribution in [0.2, 0.25) is 0 Å². The quantitative estimate of drug-likeness (QED) is 0.452. The largest absolute Gasteiger partial charge is 0.497 e. The van der Waals surface area contributed by atoms with Gasteiger partial charge in [0.25, 0.3) is 0 Å². The SMILES string of the molecule is CCC1C(SCC(=O)N[C@H](C)c2ccc(OC)cc2)NC(O)NC1C1CCCCCC1. The van der Waals surface area contributed by atoms with Crippen molar-refractivity contribution in [1.82, 2.24) is 16.0 Å². The number of carbonyl (C=O) groups is 1. The average Bonchev–Trinajstić information content (AvgIpc) is 3.07. The molecule has 1 aromatic carbocycles. The summed E-state index contributed by atoms with van der Waals surface area (Å²) in [5.74, 6) is 2.20. The molecule has 1 aliphatic carbocycles. The highest BCUT2D eigenvalue weighted by Crippen LogP contribution is 2.35. The van der Waals surface area contributed by atoms with Gasteiger partial charge in [0.05, 0.1) is 24.3 Å². The van der Waals surface area contributed by atoms with Crippen LogP contribution in [0.1, 0.15) is 70.4 Å². The summed E-state index contributed by atoms with van der Waals surface area (Å²) in [6, 6.07) is 8.02. The molecule has 1 amide bonds. The Morgan fingerprint density at radius 2 is 1.87 bits per heavy atom. The van der Waals surface area contributed by atoms with Gasteiger partial charge in [-0.05, 0) is 55.7 Å². The molecule has 0 aromatic heterocycles. The van der Waals surface area contributed by atoms with E-state index in [1.54, 1.807) is 18.9 Å². The van der Waals surface area contributed by atoms with Crippen molar-refractivity contribution in [2.75, 3.05) is 12.9 Å². The molecule has 1 heterocycles. The monoisotopic (exact) mass is 449 g/mol. The summed E-state index contributed by atoms with van der Waals surface area (Å²) >= 11 is 1.61. The highest BCUT2D eigenvalue weighted by Gasteiger charge is 2.39. The topological polar surface area (TPSA) is 82.6 Å². The molecule has 31 heavy (non-hydrogen) atoms. The Hall–Kier alpha value is -1.28. The number of thioether (sulfide) groups is 1. The lowest BCUT2D eigenvalue weighted by molar-refractivity contribution is -0.119. The Morgan fingerprint density at radius 1 is 1.19 bits per heavy atom. The maximum absolute atomic E-state index is 12.6. The van der Waals surface area contributed by atoms with E-state index in [0.29, 0.717) is 23.6 Å². The Kier molecular flexibility index (Phi) is 9.50. The molecular weight excluding hydrogens is 410 g/mol. The Balaban J connectivity index is 1.54. The minimum atomic E-state index is -0.713. The van der Waals surface area contributed by atoms with Gasteiger partial charge >= 0.3 is 0 Å². The van der Waals surface area contributed by atoms with E-state index in [9.17, 15) is 9.90 Å². The molecular formula is C24H39N3O3S. The molecule has 4 unspecified atom stereocenters. The predicted octanol–water partition coefficient (Wildman–Crippen LogP) is 3.77. The molecule has 1 saturated carbocycles. The molecule has 1 saturated heterocycles. The summed E-state index contributed by atoms with van der Waals surface area (Å²) in [6.45, 7) is 4.21. The fraction of sp³-hybridized carbons (Fsp3) is 0.708. The van der Waals surface area contributed by atoms with Crippen LogP contribution in [-0.4, -0.2) is 41.6 Å². The van der Waals surface area contributed by atoms with Crippen LogP contribution in [0.5, 0.6) is 5.75 Å². The highest BCUT2D eigenvalue weighted by atomic mass is 32.2. The zero-order valence-electron chi connectivity index (χ0n) is 19.1. The van der Waals surface area contributed by atoms with E-state index in [-0.39, 0.29) is 17.3 Å². The van der Waals surface area contributed by atoms with Gasteiger partial charge < -0.3 is 15.2 Å². The third-order valence-electron chi connectivity index (χ3n) is 6.79. The lowest BCUT2D eigenvalue weighted by atomic mass is 9.81. The summed E-state index contributed by atoms with van der Waals surface area (Å²) < 4.78 is 5.20. The third-order valence-corrected chi connectivity index (χ3v) is 8.06. The van der Waals surface area contributed by atoms with Crippen molar-refractivity contribution in [2.24, 2.45) is 11.8 Å². The fourth-order valence-electron chi connectivity index (χ4n) is 5.04. The smallest absolute Gasteiger partial charge is 0.230 e. The first-order chi connectivity index (χ1) is 15.0. The van der Waals surface area contributed by atoms with Crippen molar-refractivity contribution in [3.05, 3.63) is 29.8 Å². The number of aliphatic hydroxyl groups is 1. The van der Waals surface area contributed by atoms with Gasteiger partial charge in [0.15, 0.2) is 6.35 Å². The maximum atomic E-state index is 12.6. The second-order valence-corrected chi connectivity index (χ2v) is 10.0. The summed E-state index contributed by atoms with van der Waals surface area (Å²) in [4.78, 5) is 12.6. The number of hydrogen-bond donors (Lipinski definition) is 4. The van der Waals surface area contributed by atoms with Crippen molar-refractivity contribution >= 4 is 17.7 Å². The first-order valence-electron chi connectivity index (χ1n) is 11.8. The molecule has 1 aromatic rings. The van der Waals surface area contributed by atoms with Crippen LogP contribution < -0.4 is 20.7 Å². The maximum Gasteiger partial charge on any atom is 0.230 e. The predicted molar refractivity (Wildman–Crippen MR) is 127 cm³/mol. The van der Waals surface area contributed by atoms with Gasteiger partial charge in [-0.1, -0.05) is 44.7 Å². The van der Waals surface area contributed by atoms with Gasteiger partial charge in [-0.2, -0.15) is 0 Å². The van der Waals surface area contributed by atoms with Crippen LogP contribution in [0.3, 0.4) is 0 Å². The number of ether oxygens (including phenoxy) is 1. The van der Waals surface area contributed by atoms with Crippen molar-refractivity contribution in [3.63, 3.8) is 0 Å². The standard InChI is InChI=1S/C24H39N3O3S/c1-4-20-22(18-9-7-5-6-8-10-18)26-24(29)27-23(20)31-15-21(28)25-16(2)17-11-13-19(30-3)14-12-17/h11-14,16,18,20,22-24,26-27,29H,4-10,15H2,1-3H3,(H,25,28)/t16-,20?,22?,23?,24?/m1/s1. The van der Waals surface area contributed by atoms with Crippen LogP contribution >= 0.6 is 11.8 Å². The molecule has 0 spiro atoms. The zero-order chi connectivity index (χ0) is 22.2. The first kappa shape index (κ1) is 24.4. The van der Waals surface area contributed by atoms with Gasteiger partial charge in [-0.25, -0.2) is 0 Å². The van der Waals surface area contributed by atoms with E-state index in [2.05, 4.69) is 22.9 Å². The number of nitrogens with one attached hydrogen (secondary N) is 3. The molecule has 7 heteroatoms. The number of methoxy groups -OCH3 is 1. The van der Waals surface area contributed by atoms with Crippen LogP contribution in [0.4, 0.5) is 0 Å². The number of amides is 1. The van der Waals surface area contributed by atoms with Crippen LogP contribution in [-0.2, 0) is 4.79 Å². The molecule has 174 valence electrons. The normalized spacial score (nSPS) is 28.5. The second kappa shape index (κ2) is 12.1. The van der Waals surface area contributed by atoms with E-state index in [0.717, 1.165) is 17.7 Å². The van der Waals surface area contributed by atoms with E-state index >= 15 is 0 Å². The van der Waals surface area contributed by atoms with Gasteiger partial charge in [0, 0.05) is 6.04 Å². The second-order valence-electron chi connectivity index (χ2n) is 8.88. The van der Waals surface area contributed by atoms with Crippen LogP contribution in [0, 0.1) is 11.8 Å². The molecule has 5 atom stereocenters. The molecule has 0 radical (unpaired) electrons. The van der Waals surface area contributed by atoms with Crippen LogP contribution in [0.15, 0.2) is 24.3 Å². The number of carbonyl (C=O) groups excluding carboxylic acids is 1. The molecule has 0 bridgehead atoms. The van der Waals surface area contributed by atoms with Crippen molar-refractivity contribution < 1.29 is 14.6 Å². The average molecular weight is 450 g/mol. The zero-order valence-corrected chi connectivity index (χ0v) is 19.9.